The zero-order valence-electron chi connectivity index (χ0n) is 11.6. The third-order valence-electron chi connectivity index (χ3n) is 2.96. The van der Waals surface area contributed by atoms with Crippen molar-refractivity contribution in [1.29, 1.82) is 0 Å². The van der Waals surface area contributed by atoms with Gasteiger partial charge in [-0.15, -0.1) is 0 Å². The highest BCUT2D eigenvalue weighted by Gasteiger charge is 2.15. The lowest BCUT2D eigenvalue weighted by Gasteiger charge is -2.11. The molecule has 2 aromatic carbocycles. The maximum atomic E-state index is 12.3. The molecular formula is C16H14ClNO3. The van der Waals surface area contributed by atoms with Gasteiger partial charge in [-0.1, -0.05) is 23.7 Å². The van der Waals surface area contributed by atoms with Gasteiger partial charge in [0.25, 0.3) is 5.91 Å². The summed E-state index contributed by atoms with van der Waals surface area (Å²) in [4.78, 5) is 23.9. The Morgan fingerprint density at radius 2 is 1.81 bits per heavy atom. The second-order valence-corrected chi connectivity index (χ2v) is 4.84. The van der Waals surface area contributed by atoms with E-state index in [1.54, 1.807) is 42.5 Å². The lowest BCUT2D eigenvalue weighted by molar-refractivity contribution is 0.101. The fraction of sp³-hybridized carbons (Fsp3) is 0.125. The molecular weight excluding hydrogens is 290 g/mol. The van der Waals surface area contributed by atoms with Crippen molar-refractivity contribution >= 4 is 29.0 Å². The Balaban J connectivity index is 2.33. The average molecular weight is 304 g/mol. The summed E-state index contributed by atoms with van der Waals surface area (Å²) in [6.45, 7) is 1.45. The van der Waals surface area contributed by atoms with Gasteiger partial charge in [-0.05, 0) is 37.3 Å². The maximum absolute atomic E-state index is 12.3. The molecule has 0 heterocycles. The Morgan fingerprint density at radius 1 is 1.10 bits per heavy atom. The van der Waals surface area contributed by atoms with Gasteiger partial charge in [-0.3, -0.25) is 9.59 Å². The van der Waals surface area contributed by atoms with Crippen molar-refractivity contribution in [2.24, 2.45) is 0 Å². The van der Waals surface area contributed by atoms with Crippen LogP contribution >= 0.6 is 11.6 Å². The molecule has 0 aliphatic rings. The van der Waals surface area contributed by atoms with E-state index in [1.165, 1.54) is 14.0 Å². The largest absolute Gasteiger partial charge is 0.496 e. The van der Waals surface area contributed by atoms with Crippen LogP contribution in [0.5, 0.6) is 5.75 Å². The Morgan fingerprint density at radius 3 is 2.48 bits per heavy atom. The lowest BCUT2D eigenvalue weighted by atomic mass is 10.1. The van der Waals surface area contributed by atoms with Crippen LogP contribution < -0.4 is 10.1 Å². The molecule has 0 saturated carbocycles. The van der Waals surface area contributed by atoms with Crippen molar-refractivity contribution in [3.8, 4) is 5.75 Å². The SMILES string of the molecule is COc1cc(Cl)ccc1C(=O)Nc1ccccc1C(C)=O. The Hall–Kier alpha value is -2.33. The van der Waals surface area contributed by atoms with Crippen LogP contribution in [0.2, 0.25) is 5.02 Å². The fourth-order valence-electron chi connectivity index (χ4n) is 1.94. The summed E-state index contributed by atoms with van der Waals surface area (Å²) < 4.78 is 5.15. The first-order valence-corrected chi connectivity index (χ1v) is 6.65. The number of ketones is 1. The molecule has 4 nitrogen and oxygen atoms in total. The van der Waals surface area contributed by atoms with Crippen molar-refractivity contribution in [2.75, 3.05) is 12.4 Å². The molecule has 2 rings (SSSR count). The Bertz CT molecular complexity index is 698. The fourth-order valence-corrected chi connectivity index (χ4v) is 2.10. The van der Waals surface area contributed by atoms with E-state index in [9.17, 15) is 9.59 Å². The van der Waals surface area contributed by atoms with Gasteiger partial charge in [0, 0.05) is 10.6 Å². The summed E-state index contributed by atoms with van der Waals surface area (Å²) >= 11 is 5.87. The van der Waals surface area contributed by atoms with Crippen molar-refractivity contribution in [3.05, 3.63) is 58.6 Å². The molecule has 1 amide bonds. The highest BCUT2D eigenvalue weighted by atomic mass is 35.5. The number of anilines is 1. The standard InChI is InChI=1S/C16H14ClNO3/c1-10(19)12-5-3-4-6-14(12)18-16(20)13-8-7-11(17)9-15(13)21-2/h3-9H,1-2H3,(H,18,20). The van der Waals surface area contributed by atoms with Crippen LogP contribution in [0.25, 0.3) is 0 Å². The molecule has 0 bridgehead atoms. The molecule has 0 aromatic heterocycles. The van der Waals surface area contributed by atoms with Gasteiger partial charge >= 0.3 is 0 Å². The molecule has 1 N–H and O–H groups in total. The van der Waals surface area contributed by atoms with E-state index in [2.05, 4.69) is 5.32 Å². The van der Waals surface area contributed by atoms with Crippen LogP contribution in [0.4, 0.5) is 5.69 Å². The van der Waals surface area contributed by atoms with Crippen LogP contribution in [0.3, 0.4) is 0 Å². The van der Waals surface area contributed by atoms with Gasteiger partial charge in [-0.25, -0.2) is 0 Å². The zero-order valence-corrected chi connectivity index (χ0v) is 12.4. The minimum absolute atomic E-state index is 0.117. The Kier molecular flexibility index (Phi) is 4.60. The monoisotopic (exact) mass is 303 g/mol. The number of Topliss-reactive ketones (excluding diaryl/α,β-unsaturated/α-hetero) is 1. The number of nitrogens with one attached hydrogen (secondary N) is 1. The van der Waals surface area contributed by atoms with Crippen LogP contribution in [0, 0.1) is 0 Å². The third kappa shape index (κ3) is 3.41. The maximum Gasteiger partial charge on any atom is 0.259 e. The number of para-hydroxylation sites is 1. The summed E-state index contributed by atoms with van der Waals surface area (Å²) in [6.07, 6.45) is 0. The van der Waals surface area contributed by atoms with Crippen molar-refractivity contribution in [1.82, 2.24) is 0 Å². The quantitative estimate of drug-likeness (QED) is 0.874. The van der Waals surface area contributed by atoms with E-state index < -0.39 is 0 Å². The number of benzene rings is 2. The number of methoxy groups -OCH3 is 1. The van der Waals surface area contributed by atoms with E-state index >= 15 is 0 Å². The molecule has 108 valence electrons. The van der Waals surface area contributed by atoms with E-state index in [0.29, 0.717) is 27.6 Å². The first kappa shape index (κ1) is 15.1. The van der Waals surface area contributed by atoms with Crippen LogP contribution in [-0.4, -0.2) is 18.8 Å². The number of hydrogen-bond acceptors (Lipinski definition) is 3. The number of ether oxygens (including phenoxy) is 1. The minimum Gasteiger partial charge on any atom is -0.496 e. The van der Waals surface area contributed by atoms with Crippen LogP contribution in [0.15, 0.2) is 42.5 Å². The molecule has 0 aliphatic heterocycles. The molecule has 0 radical (unpaired) electrons. The van der Waals surface area contributed by atoms with Crippen molar-refractivity contribution in [3.63, 3.8) is 0 Å². The molecule has 0 spiro atoms. The molecule has 0 saturated heterocycles. The highest BCUT2D eigenvalue weighted by Crippen LogP contribution is 2.25. The number of halogens is 1. The Labute approximate surface area is 127 Å². The smallest absolute Gasteiger partial charge is 0.259 e. The van der Waals surface area contributed by atoms with E-state index in [0.717, 1.165) is 0 Å². The molecule has 0 atom stereocenters. The molecule has 2 aromatic rings. The summed E-state index contributed by atoms with van der Waals surface area (Å²) in [6, 6.07) is 11.6. The zero-order chi connectivity index (χ0) is 15.4. The van der Waals surface area contributed by atoms with E-state index in [-0.39, 0.29) is 11.7 Å². The molecule has 0 unspecified atom stereocenters. The predicted molar refractivity (Wildman–Crippen MR) is 82.4 cm³/mol. The van der Waals surface area contributed by atoms with E-state index in [1.807, 2.05) is 0 Å². The molecule has 0 aliphatic carbocycles. The van der Waals surface area contributed by atoms with Crippen LogP contribution in [-0.2, 0) is 0 Å². The van der Waals surface area contributed by atoms with Gasteiger partial charge in [-0.2, -0.15) is 0 Å². The highest BCUT2D eigenvalue weighted by molar-refractivity contribution is 6.31. The number of hydrogen-bond donors (Lipinski definition) is 1. The van der Waals surface area contributed by atoms with Crippen molar-refractivity contribution in [2.45, 2.75) is 6.92 Å². The number of carbonyl (C=O) groups excluding carboxylic acids is 2. The molecule has 0 fully saturated rings. The van der Waals surface area contributed by atoms with Gasteiger partial charge < -0.3 is 10.1 Å². The second kappa shape index (κ2) is 6.41. The average Bonchev–Trinajstić information content (AvgIpc) is 2.47. The lowest BCUT2D eigenvalue weighted by Crippen LogP contribution is -2.15. The summed E-state index contributed by atoms with van der Waals surface area (Å²) in [5.41, 5.74) is 1.27. The number of amides is 1. The minimum atomic E-state index is -0.364. The number of carbonyl (C=O) groups is 2. The van der Waals surface area contributed by atoms with Gasteiger partial charge in [0.1, 0.15) is 5.75 Å². The van der Waals surface area contributed by atoms with Crippen molar-refractivity contribution < 1.29 is 14.3 Å². The normalized spacial score (nSPS) is 10.0. The summed E-state index contributed by atoms with van der Waals surface area (Å²) in [5.74, 6) is -0.105. The van der Waals surface area contributed by atoms with E-state index in [4.69, 9.17) is 16.3 Å². The summed E-state index contributed by atoms with van der Waals surface area (Å²) in [5, 5.41) is 3.20. The molecule has 21 heavy (non-hydrogen) atoms. The van der Waals surface area contributed by atoms with Gasteiger partial charge in [0.2, 0.25) is 0 Å². The number of rotatable bonds is 4. The first-order valence-electron chi connectivity index (χ1n) is 6.27. The first-order chi connectivity index (χ1) is 10.0. The third-order valence-corrected chi connectivity index (χ3v) is 3.20. The van der Waals surface area contributed by atoms with Gasteiger partial charge in [0.05, 0.1) is 18.4 Å². The topological polar surface area (TPSA) is 55.4 Å². The van der Waals surface area contributed by atoms with Gasteiger partial charge in [0.15, 0.2) is 5.78 Å². The predicted octanol–water partition coefficient (Wildman–Crippen LogP) is 3.80. The second-order valence-electron chi connectivity index (χ2n) is 4.40. The van der Waals surface area contributed by atoms with Crippen LogP contribution in [0.1, 0.15) is 27.6 Å². The summed E-state index contributed by atoms with van der Waals surface area (Å²) in [7, 11) is 1.46. The molecule has 5 heteroatoms.